The van der Waals surface area contributed by atoms with Gasteiger partial charge >= 0.3 is 0 Å². The summed E-state index contributed by atoms with van der Waals surface area (Å²) in [6, 6.07) is 10.5. The van der Waals surface area contributed by atoms with Gasteiger partial charge in [-0.2, -0.15) is 0 Å². The third-order valence-electron chi connectivity index (χ3n) is 3.85. The number of hydrogen-bond donors (Lipinski definition) is 0. The van der Waals surface area contributed by atoms with Crippen molar-refractivity contribution in [2.45, 2.75) is 19.3 Å². The summed E-state index contributed by atoms with van der Waals surface area (Å²) in [5.41, 5.74) is 1.29. The molecule has 2 aromatic rings. The van der Waals surface area contributed by atoms with Gasteiger partial charge < -0.3 is 14.2 Å². The minimum atomic E-state index is 0.889. The normalized spacial score (nSPS) is 15.9. The Morgan fingerprint density at radius 1 is 1.05 bits per heavy atom. The fraction of sp³-hybridized carbons (Fsp3) is 0.529. The summed E-state index contributed by atoms with van der Waals surface area (Å²) in [6.45, 7) is 4.57. The van der Waals surface area contributed by atoms with Crippen LogP contribution in [0.3, 0.4) is 0 Å². The van der Waals surface area contributed by atoms with Crippen molar-refractivity contribution in [1.82, 2.24) is 9.47 Å². The number of fused-ring (bicyclic) bond motifs is 1. The number of likely N-dealkylation sites (tertiary alicyclic amines) is 1. The average molecular weight is 274 g/mol. The van der Waals surface area contributed by atoms with E-state index in [1.165, 1.54) is 43.3 Å². The molecular weight excluding hydrogens is 248 g/mol. The first-order valence-electron chi connectivity index (χ1n) is 7.52. The van der Waals surface area contributed by atoms with Crippen molar-refractivity contribution in [2.24, 2.45) is 7.05 Å². The van der Waals surface area contributed by atoms with E-state index in [-0.39, 0.29) is 0 Å². The Labute approximate surface area is 122 Å². The molecule has 0 bridgehead atoms. The van der Waals surface area contributed by atoms with E-state index in [1.807, 2.05) is 0 Å². The van der Waals surface area contributed by atoms with Gasteiger partial charge in [0.05, 0.1) is 6.61 Å². The van der Waals surface area contributed by atoms with Crippen LogP contribution < -0.4 is 0 Å². The van der Waals surface area contributed by atoms with E-state index in [9.17, 15) is 0 Å². The molecule has 0 spiro atoms. The number of para-hydroxylation sites is 1. The Morgan fingerprint density at radius 2 is 1.80 bits per heavy atom. The lowest BCUT2D eigenvalue weighted by Crippen LogP contribution is -2.32. The van der Waals surface area contributed by atoms with E-state index in [2.05, 4.69) is 53.0 Å². The summed E-state index contributed by atoms with van der Waals surface area (Å²) in [7, 11) is 3.83. The minimum absolute atomic E-state index is 0.889. The van der Waals surface area contributed by atoms with E-state index >= 15 is 0 Å². The third kappa shape index (κ3) is 4.36. The van der Waals surface area contributed by atoms with Crippen LogP contribution in [0.15, 0.2) is 36.5 Å². The van der Waals surface area contributed by atoms with Gasteiger partial charge in [0.25, 0.3) is 0 Å². The molecule has 3 heteroatoms. The van der Waals surface area contributed by atoms with Crippen LogP contribution in [0.4, 0.5) is 0 Å². The monoisotopic (exact) mass is 274 g/mol. The Morgan fingerprint density at radius 3 is 2.50 bits per heavy atom. The SMILES string of the molecule is COCCN1CCCCC1.Cn1ccc2ccccc21. The molecule has 1 saturated heterocycles. The molecule has 0 amide bonds. The third-order valence-corrected chi connectivity index (χ3v) is 3.85. The second-order valence-electron chi connectivity index (χ2n) is 5.38. The van der Waals surface area contributed by atoms with Crippen LogP contribution >= 0.6 is 0 Å². The first kappa shape index (κ1) is 15.1. The molecule has 2 heterocycles. The Hall–Kier alpha value is -1.32. The predicted octanol–water partition coefficient (Wildman–Crippen LogP) is 3.30. The maximum absolute atomic E-state index is 5.00. The number of ether oxygens (including phenoxy) is 1. The molecule has 3 nitrogen and oxygen atoms in total. The van der Waals surface area contributed by atoms with Gasteiger partial charge in [-0.15, -0.1) is 0 Å². The van der Waals surface area contributed by atoms with Crippen LogP contribution in [0.1, 0.15) is 19.3 Å². The lowest BCUT2D eigenvalue weighted by molar-refractivity contribution is 0.135. The van der Waals surface area contributed by atoms with Crippen LogP contribution in [0.5, 0.6) is 0 Å². The summed E-state index contributed by atoms with van der Waals surface area (Å²) >= 11 is 0. The topological polar surface area (TPSA) is 17.4 Å². The summed E-state index contributed by atoms with van der Waals surface area (Å²) in [4.78, 5) is 2.48. The zero-order valence-electron chi connectivity index (χ0n) is 12.7. The molecule has 0 N–H and O–H groups in total. The molecule has 20 heavy (non-hydrogen) atoms. The first-order valence-corrected chi connectivity index (χ1v) is 7.52. The molecule has 1 aromatic carbocycles. The van der Waals surface area contributed by atoms with Gasteiger partial charge in [-0.3, -0.25) is 0 Å². The van der Waals surface area contributed by atoms with Crippen molar-refractivity contribution in [3.63, 3.8) is 0 Å². The second kappa shape index (κ2) is 8.08. The zero-order valence-corrected chi connectivity index (χ0v) is 12.7. The summed E-state index contributed by atoms with van der Waals surface area (Å²) in [5, 5.41) is 1.31. The number of piperidine rings is 1. The highest BCUT2D eigenvalue weighted by atomic mass is 16.5. The highest BCUT2D eigenvalue weighted by Crippen LogP contribution is 2.12. The number of hydrogen-bond acceptors (Lipinski definition) is 2. The van der Waals surface area contributed by atoms with Gasteiger partial charge in [0.1, 0.15) is 0 Å². The summed E-state index contributed by atoms with van der Waals surface area (Å²) < 4.78 is 7.12. The van der Waals surface area contributed by atoms with Crippen molar-refractivity contribution < 1.29 is 4.74 Å². The van der Waals surface area contributed by atoms with Gasteiger partial charge in [0, 0.05) is 32.4 Å². The lowest BCUT2D eigenvalue weighted by Gasteiger charge is -2.25. The average Bonchev–Trinajstić information content (AvgIpc) is 2.89. The van der Waals surface area contributed by atoms with Gasteiger partial charge in [-0.1, -0.05) is 24.6 Å². The number of methoxy groups -OCH3 is 1. The molecule has 0 aliphatic carbocycles. The van der Waals surface area contributed by atoms with Crippen LogP contribution in [0.25, 0.3) is 10.9 Å². The van der Waals surface area contributed by atoms with Crippen LogP contribution in [-0.2, 0) is 11.8 Å². The van der Waals surface area contributed by atoms with Gasteiger partial charge in [0.2, 0.25) is 0 Å². The van der Waals surface area contributed by atoms with Gasteiger partial charge in [0.15, 0.2) is 0 Å². The van der Waals surface area contributed by atoms with Gasteiger partial charge in [-0.05, 0) is 43.5 Å². The number of nitrogens with zero attached hydrogens (tertiary/aromatic N) is 2. The molecule has 1 aromatic heterocycles. The van der Waals surface area contributed by atoms with Crippen LogP contribution in [0.2, 0.25) is 0 Å². The summed E-state index contributed by atoms with van der Waals surface area (Å²) in [5.74, 6) is 0. The zero-order chi connectivity index (χ0) is 14.2. The molecular formula is C17H26N2O. The van der Waals surface area contributed by atoms with Crippen LogP contribution in [-0.4, -0.2) is 42.8 Å². The number of benzene rings is 1. The molecule has 0 atom stereocenters. The van der Waals surface area contributed by atoms with E-state index in [0.717, 1.165) is 13.2 Å². The maximum Gasteiger partial charge on any atom is 0.0589 e. The molecule has 0 radical (unpaired) electrons. The Balaban J connectivity index is 0.000000147. The number of aryl methyl sites for hydroxylation is 1. The highest BCUT2D eigenvalue weighted by molar-refractivity contribution is 5.79. The first-order chi connectivity index (χ1) is 9.81. The van der Waals surface area contributed by atoms with Crippen molar-refractivity contribution in [1.29, 1.82) is 0 Å². The van der Waals surface area contributed by atoms with Crippen molar-refractivity contribution in [3.8, 4) is 0 Å². The molecule has 1 fully saturated rings. The molecule has 0 saturated carbocycles. The largest absolute Gasteiger partial charge is 0.383 e. The minimum Gasteiger partial charge on any atom is -0.383 e. The van der Waals surface area contributed by atoms with E-state index in [0.29, 0.717) is 0 Å². The quantitative estimate of drug-likeness (QED) is 0.854. The predicted molar refractivity (Wildman–Crippen MR) is 85.1 cm³/mol. The number of aromatic nitrogens is 1. The Kier molecular flexibility index (Phi) is 6.09. The molecule has 0 unspecified atom stereocenters. The lowest BCUT2D eigenvalue weighted by atomic mass is 10.1. The summed E-state index contributed by atoms with van der Waals surface area (Å²) in [6.07, 6.45) is 6.25. The van der Waals surface area contributed by atoms with E-state index < -0.39 is 0 Å². The van der Waals surface area contributed by atoms with Crippen LogP contribution in [0, 0.1) is 0 Å². The molecule has 1 aliphatic heterocycles. The smallest absolute Gasteiger partial charge is 0.0589 e. The molecule has 1 aliphatic rings. The molecule has 3 rings (SSSR count). The van der Waals surface area contributed by atoms with Gasteiger partial charge in [-0.25, -0.2) is 0 Å². The van der Waals surface area contributed by atoms with Crippen molar-refractivity contribution in [3.05, 3.63) is 36.5 Å². The standard InChI is InChI=1S/C9H9N.C8H17NO/c1-10-7-6-8-4-2-3-5-9(8)10;1-10-8-7-9-5-3-2-4-6-9/h2-7H,1H3;2-8H2,1H3. The van der Waals surface area contributed by atoms with E-state index in [4.69, 9.17) is 4.74 Å². The molecule has 110 valence electrons. The maximum atomic E-state index is 5.00. The highest BCUT2D eigenvalue weighted by Gasteiger charge is 2.08. The second-order valence-corrected chi connectivity index (χ2v) is 5.38. The van der Waals surface area contributed by atoms with Crippen molar-refractivity contribution in [2.75, 3.05) is 33.4 Å². The number of rotatable bonds is 3. The Bertz CT molecular complexity index is 500. The van der Waals surface area contributed by atoms with Crippen molar-refractivity contribution >= 4 is 10.9 Å². The fourth-order valence-corrected chi connectivity index (χ4v) is 2.63. The fourth-order valence-electron chi connectivity index (χ4n) is 2.63. The van der Waals surface area contributed by atoms with E-state index in [1.54, 1.807) is 7.11 Å².